The van der Waals surface area contributed by atoms with E-state index in [2.05, 4.69) is 123 Å². The van der Waals surface area contributed by atoms with Gasteiger partial charge in [0, 0.05) is 105 Å². The summed E-state index contributed by atoms with van der Waals surface area (Å²) in [5.74, 6) is 6.33. The van der Waals surface area contributed by atoms with Gasteiger partial charge in [-0.1, -0.05) is 36.1 Å². The molecule has 222 valence electrons. The average Bonchev–Trinajstić information content (AvgIpc) is 3.10. The lowest BCUT2D eigenvalue weighted by atomic mass is 9.97. The molecule has 7 rings (SSSR count). The van der Waals surface area contributed by atoms with Gasteiger partial charge in [-0.25, -0.2) is 0 Å². The van der Waals surface area contributed by atoms with Crippen molar-refractivity contribution in [2.45, 2.75) is 0 Å². The minimum absolute atomic E-state index is 0.769. The highest BCUT2D eigenvalue weighted by Gasteiger charge is 2.04. The first-order chi connectivity index (χ1) is 22.6. The van der Waals surface area contributed by atoms with Gasteiger partial charge in [0.25, 0.3) is 0 Å². The molecular formula is C38H24I2N4O2. The number of halogens is 2. The number of fused-ring (bicyclic) bond motifs is 2. The summed E-state index contributed by atoms with van der Waals surface area (Å²) < 4.78 is 7.45. The minimum Gasteiger partial charge on any atom is -0.619 e. The highest BCUT2D eigenvalue weighted by molar-refractivity contribution is 14.1. The van der Waals surface area contributed by atoms with Crippen LogP contribution in [0.4, 0.5) is 0 Å². The molecule has 0 aliphatic carbocycles. The van der Waals surface area contributed by atoms with Crippen molar-refractivity contribution in [3.05, 3.63) is 168 Å². The van der Waals surface area contributed by atoms with E-state index in [1.807, 2.05) is 24.3 Å². The van der Waals surface area contributed by atoms with Gasteiger partial charge in [0.2, 0.25) is 0 Å². The molecule has 0 bridgehead atoms. The van der Waals surface area contributed by atoms with Crippen LogP contribution in [-0.2, 0) is 0 Å². The van der Waals surface area contributed by atoms with Gasteiger partial charge in [0.1, 0.15) is 0 Å². The Balaban J connectivity index is 0.000000141. The SMILES string of the molecule is IC#Cc1cccc2cc3cccc(C#CI)c3cc12.[O-][n+]1ccc(-c2ccncc2)cc1.[O-][n+]1ccc(-c2ccncc2)cc1. The lowest BCUT2D eigenvalue weighted by Crippen LogP contribution is -2.23. The van der Waals surface area contributed by atoms with Gasteiger partial charge >= 0.3 is 0 Å². The monoisotopic (exact) mass is 822 g/mol. The van der Waals surface area contributed by atoms with Gasteiger partial charge in [0.05, 0.1) is 0 Å². The Bertz CT molecular complexity index is 2030. The van der Waals surface area contributed by atoms with E-state index < -0.39 is 0 Å². The first-order valence-electron chi connectivity index (χ1n) is 13.9. The summed E-state index contributed by atoms with van der Waals surface area (Å²) >= 11 is 4.15. The first-order valence-corrected chi connectivity index (χ1v) is 16.1. The standard InChI is InChI=1S/C18H8I2.2C10H8N2O/c19-9-7-13-3-1-5-15-11-16-6-2-4-14(8-10-20)18(16)12-17(13)15;2*13-12-7-3-10(4-8-12)9-1-5-11-6-2-9/h1-6,11-12H;2*1-8H. The molecule has 0 amide bonds. The molecule has 0 unspecified atom stereocenters. The van der Waals surface area contributed by atoms with E-state index in [1.54, 1.807) is 49.1 Å². The van der Waals surface area contributed by atoms with E-state index >= 15 is 0 Å². The van der Waals surface area contributed by atoms with Crippen molar-refractivity contribution in [3.63, 3.8) is 0 Å². The summed E-state index contributed by atoms with van der Waals surface area (Å²) in [7, 11) is 0. The average molecular weight is 822 g/mol. The Kier molecular flexibility index (Phi) is 11.5. The highest BCUT2D eigenvalue weighted by atomic mass is 127. The van der Waals surface area contributed by atoms with Crippen LogP contribution in [0.5, 0.6) is 0 Å². The van der Waals surface area contributed by atoms with E-state index in [-0.39, 0.29) is 0 Å². The van der Waals surface area contributed by atoms with Crippen LogP contribution in [0.2, 0.25) is 0 Å². The smallest absolute Gasteiger partial charge is 0.180 e. The number of nitrogens with zero attached hydrogens (tertiary/aromatic N) is 4. The Morgan fingerprint density at radius 1 is 0.478 bits per heavy atom. The molecule has 4 heterocycles. The second-order valence-electron chi connectivity index (χ2n) is 9.71. The van der Waals surface area contributed by atoms with Gasteiger partial charge in [0.15, 0.2) is 24.8 Å². The summed E-state index contributed by atoms with van der Waals surface area (Å²) in [4.78, 5) is 7.84. The van der Waals surface area contributed by atoms with Gasteiger partial charge in [-0.2, -0.15) is 9.46 Å². The van der Waals surface area contributed by atoms with E-state index in [4.69, 9.17) is 0 Å². The second-order valence-corrected chi connectivity index (χ2v) is 10.8. The molecule has 0 atom stereocenters. The molecule has 0 aliphatic rings. The van der Waals surface area contributed by atoms with E-state index in [9.17, 15) is 10.4 Å². The maximum atomic E-state index is 10.8. The minimum atomic E-state index is 0.769. The molecule has 3 aromatic carbocycles. The van der Waals surface area contributed by atoms with Crippen LogP contribution in [0.25, 0.3) is 43.8 Å². The fourth-order valence-electron chi connectivity index (χ4n) is 4.67. The third-order valence-corrected chi connectivity index (χ3v) is 7.41. The normalized spacial score (nSPS) is 9.78. The van der Waals surface area contributed by atoms with Crippen molar-refractivity contribution in [2.24, 2.45) is 0 Å². The number of aromatic nitrogens is 4. The number of hydrogen-bond donors (Lipinski definition) is 0. The maximum absolute atomic E-state index is 10.8. The van der Waals surface area contributed by atoms with Gasteiger partial charge < -0.3 is 10.4 Å². The molecular weight excluding hydrogens is 798 g/mol. The van der Waals surface area contributed by atoms with E-state index in [0.717, 1.165) is 42.8 Å². The zero-order valence-electron chi connectivity index (χ0n) is 24.2. The van der Waals surface area contributed by atoms with Gasteiger partial charge in [-0.05, 0) is 100 Å². The van der Waals surface area contributed by atoms with Crippen LogP contribution in [-0.4, -0.2) is 9.97 Å². The van der Waals surface area contributed by atoms with Crippen LogP contribution in [0.15, 0.2) is 147 Å². The summed E-state index contributed by atoms with van der Waals surface area (Å²) in [6.45, 7) is 0. The Labute approximate surface area is 294 Å². The zero-order valence-corrected chi connectivity index (χ0v) is 28.5. The van der Waals surface area contributed by atoms with Gasteiger partial charge in [-0.3, -0.25) is 9.97 Å². The quantitative estimate of drug-likeness (QED) is 0.0579. The first kappa shape index (κ1) is 32.4. The predicted molar refractivity (Wildman–Crippen MR) is 201 cm³/mol. The molecule has 0 saturated heterocycles. The fraction of sp³-hybridized carbons (Fsp3) is 0. The third kappa shape index (κ3) is 8.57. The second kappa shape index (κ2) is 16.3. The van der Waals surface area contributed by atoms with Crippen LogP contribution < -0.4 is 9.46 Å². The molecule has 7 aromatic rings. The summed E-state index contributed by atoms with van der Waals surface area (Å²) in [6, 6.07) is 31.7. The van der Waals surface area contributed by atoms with Crippen LogP contribution in [0.1, 0.15) is 11.1 Å². The lowest BCUT2D eigenvalue weighted by molar-refractivity contribution is -0.605. The van der Waals surface area contributed by atoms with E-state index in [1.165, 1.54) is 46.3 Å². The molecule has 0 saturated carbocycles. The summed E-state index contributed by atoms with van der Waals surface area (Å²) in [5.41, 5.74) is 6.31. The number of benzene rings is 3. The van der Waals surface area contributed by atoms with Crippen LogP contribution >= 0.6 is 45.2 Å². The van der Waals surface area contributed by atoms with Crippen molar-refractivity contribution < 1.29 is 9.46 Å². The molecule has 6 nitrogen and oxygen atoms in total. The predicted octanol–water partition coefficient (Wildman–Crippen LogP) is 8.25. The molecule has 0 spiro atoms. The van der Waals surface area contributed by atoms with Gasteiger partial charge in [-0.15, -0.1) is 0 Å². The van der Waals surface area contributed by atoms with Crippen molar-refractivity contribution in [1.82, 2.24) is 9.97 Å². The van der Waals surface area contributed by atoms with E-state index in [0.29, 0.717) is 0 Å². The highest BCUT2D eigenvalue weighted by Crippen LogP contribution is 2.27. The number of hydrogen-bond acceptors (Lipinski definition) is 4. The lowest BCUT2D eigenvalue weighted by Gasteiger charge is -2.06. The maximum Gasteiger partial charge on any atom is 0.180 e. The Morgan fingerprint density at radius 3 is 1.22 bits per heavy atom. The summed E-state index contributed by atoms with van der Waals surface area (Å²) in [6.07, 6.45) is 12.8. The van der Waals surface area contributed by atoms with Crippen LogP contribution in [0, 0.1) is 30.1 Å². The topological polar surface area (TPSA) is 79.7 Å². The zero-order chi connectivity index (χ0) is 32.1. The van der Waals surface area contributed by atoms with Crippen LogP contribution in [0.3, 0.4) is 0 Å². The third-order valence-electron chi connectivity index (χ3n) is 6.87. The summed E-state index contributed by atoms with van der Waals surface area (Å²) in [5, 5.41) is 26.3. The molecule has 0 radical (unpaired) electrons. The Morgan fingerprint density at radius 2 is 0.848 bits per heavy atom. The van der Waals surface area contributed by atoms with Crippen molar-refractivity contribution in [3.8, 4) is 41.9 Å². The largest absolute Gasteiger partial charge is 0.619 e. The van der Waals surface area contributed by atoms with Crippen molar-refractivity contribution >= 4 is 66.7 Å². The fourth-order valence-corrected chi connectivity index (χ4v) is 5.25. The molecule has 0 N–H and O–H groups in total. The number of rotatable bonds is 2. The number of pyridine rings is 4. The Hall–Kier alpha value is -5.04. The molecule has 4 aromatic heterocycles. The molecule has 0 fully saturated rings. The molecule has 46 heavy (non-hydrogen) atoms. The van der Waals surface area contributed by atoms with Crippen molar-refractivity contribution in [1.29, 1.82) is 0 Å². The molecule has 0 aliphatic heterocycles. The molecule has 8 heteroatoms. The van der Waals surface area contributed by atoms with Crippen molar-refractivity contribution in [2.75, 3.05) is 0 Å².